The van der Waals surface area contributed by atoms with Crippen LogP contribution in [-0.2, 0) is 10.0 Å². The van der Waals surface area contributed by atoms with E-state index in [0.717, 1.165) is 18.2 Å². The molecule has 114 valence electrons. The molecule has 0 spiro atoms. The van der Waals surface area contributed by atoms with Gasteiger partial charge in [0.2, 0.25) is 10.0 Å². The van der Waals surface area contributed by atoms with Crippen molar-refractivity contribution < 1.29 is 21.9 Å². The third-order valence-corrected chi connectivity index (χ3v) is 4.11. The Morgan fingerprint density at radius 2 is 2.05 bits per heavy atom. The number of unbranched alkanes of at least 4 members (excludes halogenated alkanes) is 1. The highest BCUT2D eigenvalue weighted by Gasteiger charge is 2.16. The minimum absolute atomic E-state index is 0.114. The van der Waals surface area contributed by atoms with Gasteiger partial charge >= 0.3 is 6.61 Å². The maximum atomic E-state index is 12.1. The molecule has 0 radical (unpaired) electrons. The first-order chi connectivity index (χ1) is 9.36. The molecule has 5 nitrogen and oxygen atoms in total. The van der Waals surface area contributed by atoms with Crippen LogP contribution in [0.3, 0.4) is 0 Å². The van der Waals surface area contributed by atoms with Crippen molar-refractivity contribution in [2.75, 3.05) is 13.1 Å². The third kappa shape index (κ3) is 5.20. The Hall–Kier alpha value is -0.960. The Labute approximate surface area is 121 Å². The number of nitrogens with two attached hydrogens (primary N) is 1. The van der Waals surface area contributed by atoms with E-state index >= 15 is 0 Å². The first-order valence-electron chi connectivity index (χ1n) is 5.81. The molecule has 0 saturated carbocycles. The van der Waals surface area contributed by atoms with Crippen molar-refractivity contribution in [2.24, 2.45) is 5.73 Å². The molecule has 0 aliphatic rings. The van der Waals surface area contributed by atoms with Crippen molar-refractivity contribution in [3.63, 3.8) is 0 Å². The van der Waals surface area contributed by atoms with Crippen molar-refractivity contribution in [1.29, 1.82) is 0 Å². The molecule has 20 heavy (non-hydrogen) atoms. The third-order valence-electron chi connectivity index (χ3n) is 2.35. The quantitative estimate of drug-likeness (QED) is 0.715. The summed E-state index contributed by atoms with van der Waals surface area (Å²) >= 11 is 5.70. The SMILES string of the molecule is NCCCCNS(=O)(=O)c1ccc(OC(F)F)c(Cl)c1. The molecule has 9 heteroatoms. The van der Waals surface area contributed by atoms with Crippen LogP contribution in [0.2, 0.25) is 5.02 Å². The van der Waals surface area contributed by atoms with Gasteiger partial charge in [0.1, 0.15) is 5.75 Å². The normalized spacial score (nSPS) is 11.8. The summed E-state index contributed by atoms with van der Waals surface area (Å²) < 4.78 is 54.4. The zero-order chi connectivity index (χ0) is 15.2. The van der Waals surface area contributed by atoms with E-state index in [1.807, 2.05) is 0 Å². The van der Waals surface area contributed by atoms with E-state index in [2.05, 4.69) is 9.46 Å². The summed E-state index contributed by atoms with van der Waals surface area (Å²) in [5.41, 5.74) is 5.30. The van der Waals surface area contributed by atoms with Crippen LogP contribution in [0.1, 0.15) is 12.8 Å². The molecule has 0 heterocycles. The maximum absolute atomic E-state index is 12.1. The monoisotopic (exact) mass is 328 g/mol. The topological polar surface area (TPSA) is 81.4 Å². The van der Waals surface area contributed by atoms with Gasteiger partial charge in [-0.15, -0.1) is 0 Å². The molecule has 1 aromatic rings. The van der Waals surface area contributed by atoms with Crippen LogP contribution >= 0.6 is 11.6 Å². The van der Waals surface area contributed by atoms with Crippen LogP contribution in [-0.4, -0.2) is 28.1 Å². The van der Waals surface area contributed by atoms with Gasteiger partial charge in [0.05, 0.1) is 9.92 Å². The maximum Gasteiger partial charge on any atom is 0.387 e. The van der Waals surface area contributed by atoms with Gasteiger partial charge < -0.3 is 10.5 Å². The van der Waals surface area contributed by atoms with Crippen LogP contribution < -0.4 is 15.2 Å². The van der Waals surface area contributed by atoms with Crippen molar-refractivity contribution in [3.05, 3.63) is 23.2 Å². The number of nitrogens with one attached hydrogen (secondary N) is 1. The molecule has 0 aromatic heterocycles. The van der Waals surface area contributed by atoms with Crippen LogP contribution in [0.15, 0.2) is 23.1 Å². The van der Waals surface area contributed by atoms with E-state index in [1.165, 1.54) is 0 Å². The largest absolute Gasteiger partial charge is 0.433 e. The van der Waals surface area contributed by atoms with Crippen LogP contribution in [0.4, 0.5) is 8.78 Å². The second-order valence-electron chi connectivity index (χ2n) is 3.86. The summed E-state index contributed by atoms with van der Waals surface area (Å²) in [5, 5.41) is -0.199. The summed E-state index contributed by atoms with van der Waals surface area (Å²) in [5.74, 6) is -0.274. The Kier molecular flexibility index (Phi) is 6.60. The van der Waals surface area contributed by atoms with E-state index in [-0.39, 0.29) is 22.2 Å². The molecule has 0 aliphatic carbocycles. The van der Waals surface area contributed by atoms with Gasteiger partial charge in [0, 0.05) is 6.54 Å². The molecule has 1 aromatic carbocycles. The summed E-state index contributed by atoms with van der Waals surface area (Å²) in [6.45, 7) is -2.30. The molecule has 1 rings (SSSR count). The van der Waals surface area contributed by atoms with E-state index in [1.54, 1.807) is 0 Å². The summed E-state index contributed by atoms with van der Waals surface area (Å²) in [7, 11) is -3.73. The predicted molar refractivity (Wildman–Crippen MR) is 71.6 cm³/mol. The fraction of sp³-hybridized carbons (Fsp3) is 0.455. The van der Waals surface area contributed by atoms with Gasteiger partial charge in [0.25, 0.3) is 0 Å². The molecule has 0 aliphatic heterocycles. The first kappa shape index (κ1) is 17.1. The van der Waals surface area contributed by atoms with Crippen LogP contribution in [0, 0.1) is 0 Å². The van der Waals surface area contributed by atoms with Gasteiger partial charge in [0.15, 0.2) is 0 Å². The van der Waals surface area contributed by atoms with Gasteiger partial charge in [-0.1, -0.05) is 11.6 Å². The van der Waals surface area contributed by atoms with Gasteiger partial charge in [-0.05, 0) is 37.6 Å². The van der Waals surface area contributed by atoms with Gasteiger partial charge in [-0.3, -0.25) is 0 Å². The van der Waals surface area contributed by atoms with Crippen molar-refractivity contribution in [3.8, 4) is 5.75 Å². The molecule has 0 atom stereocenters. The summed E-state index contributed by atoms with van der Waals surface area (Å²) in [6, 6.07) is 3.29. The van der Waals surface area contributed by atoms with E-state index in [4.69, 9.17) is 17.3 Å². The molecular weight excluding hydrogens is 314 g/mol. The molecule has 0 bridgehead atoms. The molecule has 3 N–H and O–H groups in total. The second-order valence-corrected chi connectivity index (χ2v) is 6.04. The Morgan fingerprint density at radius 1 is 1.35 bits per heavy atom. The number of sulfonamides is 1. The molecule has 0 saturated heterocycles. The number of halogens is 3. The van der Waals surface area contributed by atoms with Gasteiger partial charge in [-0.2, -0.15) is 8.78 Å². The lowest BCUT2D eigenvalue weighted by molar-refractivity contribution is -0.0498. The minimum atomic E-state index is -3.73. The number of alkyl halides is 2. The van der Waals surface area contributed by atoms with Crippen LogP contribution in [0.5, 0.6) is 5.75 Å². The second kappa shape index (κ2) is 7.72. The molecular formula is C11H15ClF2N2O3S. The Bertz CT molecular complexity index is 540. The predicted octanol–water partition coefficient (Wildman–Crippen LogP) is 1.96. The average Bonchev–Trinajstić information content (AvgIpc) is 2.36. The summed E-state index contributed by atoms with van der Waals surface area (Å²) in [4.78, 5) is -0.114. The lowest BCUT2D eigenvalue weighted by Crippen LogP contribution is -2.25. The zero-order valence-corrected chi connectivity index (χ0v) is 12.1. The van der Waals surface area contributed by atoms with E-state index in [0.29, 0.717) is 19.4 Å². The van der Waals surface area contributed by atoms with E-state index < -0.39 is 16.6 Å². The highest BCUT2D eigenvalue weighted by molar-refractivity contribution is 7.89. The Balaban J connectivity index is 2.78. The molecule has 0 fully saturated rings. The van der Waals surface area contributed by atoms with Crippen molar-refractivity contribution in [1.82, 2.24) is 4.72 Å². The number of hydrogen-bond acceptors (Lipinski definition) is 4. The fourth-order valence-corrected chi connectivity index (χ4v) is 2.79. The number of rotatable bonds is 8. The number of benzene rings is 1. The van der Waals surface area contributed by atoms with E-state index in [9.17, 15) is 17.2 Å². The zero-order valence-electron chi connectivity index (χ0n) is 10.5. The fourth-order valence-electron chi connectivity index (χ4n) is 1.40. The lowest BCUT2D eigenvalue weighted by Gasteiger charge is -2.10. The summed E-state index contributed by atoms with van der Waals surface area (Å²) in [6.07, 6.45) is 1.31. The van der Waals surface area contributed by atoms with Gasteiger partial charge in [-0.25, -0.2) is 13.1 Å². The standard InChI is InChI=1S/C11H15ClF2N2O3S/c12-9-7-8(3-4-10(9)19-11(13)14)20(17,18)16-6-2-1-5-15/h3-4,7,11,16H,1-2,5-6,15H2. The highest BCUT2D eigenvalue weighted by Crippen LogP contribution is 2.28. The average molecular weight is 329 g/mol. The molecule has 0 unspecified atom stereocenters. The Morgan fingerprint density at radius 3 is 2.60 bits per heavy atom. The number of ether oxygens (including phenoxy) is 1. The van der Waals surface area contributed by atoms with Crippen molar-refractivity contribution >= 4 is 21.6 Å². The smallest absolute Gasteiger partial charge is 0.387 e. The first-order valence-corrected chi connectivity index (χ1v) is 7.67. The van der Waals surface area contributed by atoms with Crippen LogP contribution in [0.25, 0.3) is 0 Å². The number of hydrogen-bond donors (Lipinski definition) is 2. The minimum Gasteiger partial charge on any atom is -0.433 e. The lowest BCUT2D eigenvalue weighted by atomic mass is 10.3. The molecule has 0 amide bonds. The highest BCUT2D eigenvalue weighted by atomic mass is 35.5. The van der Waals surface area contributed by atoms with Crippen molar-refractivity contribution in [2.45, 2.75) is 24.3 Å².